The summed E-state index contributed by atoms with van der Waals surface area (Å²) in [5.74, 6) is -0.769. The van der Waals surface area contributed by atoms with E-state index in [2.05, 4.69) is 25.4 Å². The van der Waals surface area contributed by atoms with E-state index in [4.69, 9.17) is 14.6 Å². The second-order valence-corrected chi connectivity index (χ2v) is 8.01. The van der Waals surface area contributed by atoms with Crippen LogP contribution in [-0.4, -0.2) is 64.6 Å². The molecule has 0 aliphatic carbocycles. The van der Waals surface area contributed by atoms with Gasteiger partial charge < -0.3 is 24.8 Å². The van der Waals surface area contributed by atoms with Gasteiger partial charge in [0.05, 0.1) is 24.6 Å². The number of aliphatic carboxylic acids is 1. The maximum Gasteiger partial charge on any atom is 0.332 e. The van der Waals surface area contributed by atoms with Crippen LogP contribution in [-0.2, 0) is 9.53 Å². The van der Waals surface area contributed by atoms with Crippen LogP contribution >= 0.6 is 0 Å². The molecule has 10 heteroatoms. The molecule has 3 heterocycles. The van der Waals surface area contributed by atoms with E-state index in [0.29, 0.717) is 22.8 Å². The summed E-state index contributed by atoms with van der Waals surface area (Å²) in [6.07, 6.45) is 2.27. The van der Waals surface area contributed by atoms with Gasteiger partial charge in [0.2, 0.25) is 0 Å². The minimum atomic E-state index is -0.951. The number of nitrogens with one attached hydrogen (secondary N) is 2. The van der Waals surface area contributed by atoms with Crippen LogP contribution < -0.4 is 15.0 Å². The van der Waals surface area contributed by atoms with E-state index in [9.17, 15) is 9.59 Å². The molecule has 178 valence electrons. The number of carbonyl (C=O) groups excluding carboxylic acids is 1. The fraction of sp³-hybridized carbons (Fsp3) is 0.333. The lowest BCUT2D eigenvalue weighted by Gasteiger charge is -2.34. The van der Waals surface area contributed by atoms with Crippen LogP contribution in [0.4, 0.5) is 11.4 Å². The third kappa shape index (κ3) is 5.34. The van der Waals surface area contributed by atoms with Crippen molar-refractivity contribution in [2.24, 2.45) is 0 Å². The lowest BCUT2D eigenvalue weighted by Crippen LogP contribution is -2.39. The summed E-state index contributed by atoms with van der Waals surface area (Å²) in [6.45, 7) is 3.01. The molecule has 10 nitrogen and oxygen atoms in total. The number of anilines is 2. The smallest absolute Gasteiger partial charge is 0.332 e. The minimum absolute atomic E-state index is 0.0764. The van der Waals surface area contributed by atoms with E-state index < -0.39 is 12.1 Å². The van der Waals surface area contributed by atoms with Gasteiger partial charge in [-0.1, -0.05) is 6.07 Å². The van der Waals surface area contributed by atoms with Crippen molar-refractivity contribution in [1.29, 1.82) is 0 Å². The van der Waals surface area contributed by atoms with Crippen LogP contribution in [0.2, 0.25) is 0 Å². The molecule has 1 saturated heterocycles. The molecule has 4 rings (SSSR count). The van der Waals surface area contributed by atoms with E-state index in [0.717, 1.165) is 31.6 Å². The van der Waals surface area contributed by atoms with E-state index in [1.54, 1.807) is 50.6 Å². The number of amides is 1. The molecule has 1 aliphatic heterocycles. The highest BCUT2D eigenvalue weighted by Gasteiger charge is 2.24. The van der Waals surface area contributed by atoms with Gasteiger partial charge >= 0.3 is 5.97 Å². The molecule has 0 spiro atoms. The Kier molecular flexibility index (Phi) is 7.07. The SMILES string of the molecule is COc1cc(N2CCC(O[C@H](C)C(=O)O)CC2)ccc1NC(=O)c1cccc(-c2cc[nH]n2)n1. The normalized spacial score (nSPS) is 15.1. The van der Waals surface area contributed by atoms with Gasteiger partial charge in [0.1, 0.15) is 17.1 Å². The first-order valence-corrected chi connectivity index (χ1v) is 11.0. The molecule has 2 aromatic heterocycles. The molecule has 0 unspecified atom stereocenters. The summed E-state index contributed by atoms with van der Waals surface area (Å²) < 4.78 is 11.1. The maximum absolute atomic E-state index is 12.8. The third-order valence-electron chi connectivity index (χ3n) is 5.73. The van der Waals surface area contributed by atoms with Crippen molar-refractivity contribution >= 4 is 23.3 Å². The summed E-state index contributed by atoms with van der Waals surface area (Å²) >= 11 is 0. The zero-order valence-electron chi connectivity index (χ0n) is 19.0. The number of carboxylic acids is 1. The molecule has 1 aliphatic rings. The predicted octanol–water partition coefficient (Wildman–Crippen LogP) is 3.19. The van der Waals surface area contributed by atoms with Gasteiger partial charge in [-0.3, -0.25) is 9.89 Å². The first-order valence-electron chi connectivity index (χ1n) is 11.0. The van der Waals surface area contributed by atoms with Gasteiger partial charge in [0.15, 0.2) is 6.10 Å². The van der Waals surface area contributed by atoms with Crippen molar-refractivity contribution in [3.05, 3.63) is 54.4 Å². The molecular weight excluding hydrogens is 438 g/mol. The van der Waals surface area contributed by atoms with Crippen molar-refractivity contribution in [2.45, 2.75) is 32.0 Å². The standard InChI is InChI=1S/C24H27N5O5/c1-15(24(31)32)34-17-9-12-29(13-10-17)16-6-7-20(22(14-16)33-2)27-23(30)21-5-3-4-18(26-21)19-8-11-25-28-19/h3-8,11,14-15,17H,9-10,12-13H2,1-2H3,(H,25,28)(H,27,30)(H,31,32)/t15-/m1/s1. The number of ether oxygens (including phenoxy) is 2. The molecule has 3 aromatic rings. The molecule has 34 heavy (non-hydrogen) atoms. The molecule has 0 bridgehead atoms. The summed E-state index contributed by atoms with van der Waals surface area (Å²) in [7, 11) is 1.55. The van der Waals surface area contributed by atoms with Crippen LogP contribution in [0.25, 0.3) is 11.4 Å². The lowest BCUT2D eigenvalue weighted by molar-refractivity contribution is -0.153. The topological polar surface area (TPSA) is 130 Å². The largest absolute Gasteiger partial charge is 0.494 e. The number of aromatic amines is 1. The van der Waals surface area contributed by atoms with Gasteiger partial charge in [-0.15, -0.1) is 0 Å². The van der Waals surface area contributed by atoms with Crippen LogP contribution in [0.15, 0.2) is 48.7 Å². The van der Waals surface area contributed by atoms with Crippen molar-refractivity contribution in [3.63, 3.8) is 0 Å². The number of pyridine rings is 1. The number of piperidine rings is 1. The molecule has 3 N–H and O–H groups in total. The zero-order valence-corrected chi connectivity index (χ0v) is 19.0. The Hall–Kier alpha value is -3.92. The second-order valence-electron chi connectivity index (χ2n) is 8.01. The van der Waals surface area contributed by atoms with Crippen LogP contribution in [0.5, 0.6) is 5.75 Å². The molecular formula is C24H27N5O5. The fourth-order valence-electron chi connectivity index (χ4n) is 3.87. The first-order chi connectivity index (χ1) is 16.4. The van der Waals surface area contributed by atoms with E-state index in [1.165, 1.54) is 0 Å². The first kappa shape index (κ1) is 23.2. The Bertz CT molecular complexity index is 1140. The Morgan fingerprint density at radius 3 is 2.65 bits per heavy atom. The van der Waals surface area contributed by atoms with Gasteiger partial charge in [-0.05, 0) is 50.1 Å². The summed E-state index contributed by atoms with van der Waals surface area (Å²) in [4.78, 5) is 30.4. The Morgan fingerprint density at radius 1 is 1.18 bits per heavy atom. The van der Waals surface area contributed by atoms with Gasteiger partial charge in [-0.25, -0.2) is 9.78 Å². The quantitative estimate of drug-likeness (QED) is 0.462. The van der Waals surface area contributed by atoms with Crippen molar-refractivity contribution in [3.8, 4) is 17.1 Å². The highest BCUT2D eigenvalue weighted by molar-refractivity contribution is 6.04. The van der Waals surface area contributed by atoms with Crippen molar-refractivity contribution in [1.82, 2.24) is 15.2 Å². The van der Waals surface area contributed by atoms with E-state index in [1.807, 2.05) is 12.1 Å². The third-order valence-corrected chi connectivity index (χ3v) is 5.73. The average molecular weight is 466 g/mol. The van der Waals surface area contributed by atoms with E-state index in [-0.39, 0.29) is 17.7 Å². The number of nitrogens with zero attached hydrogens (tertiary/aromatic N) is 3. The highest BCUT2D eigenvalue weighted by atomic mass is 16.5. The maximum atomic E-state index is 12.8. The Labute approximate surface area is 196 Å². The Morgan fingerprint density at radius 2 is 1.97 bits per heavy atom. The predicted molar refractivity (Wildman–Crippen MR) is 126 cm³/mol. The molecule has 0 radical (unpaired) electrons. The number of hydrogen-bond donors (Lipinski definition) is 3. The fourth-order valence-corrected chi connectivity index (χ4v) is 3.87. The van der Waals surface area contributed by atoms with Gasteiger partial charge in [0.25, 0.3) is 5.91 Å². The number of hydrogen-bond acceptors (Lipinski definition) is 7. The number of aromatic nitrogens is 3. The monoisotopic (exact) mass is 465 g/mol. The number of carbonyl (C=O) groups is 2. The highest BCUT2D eigenvalue weighted by Crippen LogP contribution is 2.32. The number of H-pyrrole nitrogens is 1. The molecule has 1 atom stereocenters. The number of rotatable bonds is 8. The lowest BCUT2D eigenvalue weighted by atomic mass is 10.1. The molecule has 1 amide bonds. The van der Waals surface area contributed by atoms with Crippen molar-refractivity contribution in [2.75, 3.05) is 30.4 Å². The summed E-state index contributed by atoms with van der Waals surface area (Å²) in [5, 5.41) is 18.7. The second kappa shape index (κ2) is 10.3. The summed E-state index contributed by atoms with van der Waals surface area (Å²) in [6, 6.07) is 12.6. The number of carboxylic acid groups (broad SMARTS) is 1. The molecule has 1 aromatic carbocycles. The number of methoxy groups -OCH3 is 1. The van der Waals surface area contributed by atoms with Crippen LogP contribution in [0.1, 0.15) is 30.3 Å². The van der Waals surface area contributed by atoms with Gasteiger partial charge in [0, 0.05) is 31.0 Å². The van der Waals surface area contributed by atoms with Crippen LogP contribution in [0, 0.1) is 0 Å². The van der Waals surface area contributed by atoms with E-state index >= 15 is 0 Å². The van der Waals surface area contributed by atoms with Crippen molar-refractivity contribution < 1.29 is 24.2 Å². The molecule has 1 fully saturated rings. The molecule has 0 saturated carbocycles. The minimum Gasteiger partial charge on any atom is -0.494 e. The zero-order chi connectivity index (χ0) is 24.1. The number of benzene rings is 1. The Balaban J connectivity index is 1.41. The van der Waals surface area contributed by atoms with Crippen LogP contribution in [0.3, 0.4) is 0 Å². The van der Waals surface area contributed by atoms with Gasteiger partial charge in [-0.2, -0.15) is 5.10 Å². The average Bonchev–Trinajstić information content (AvgIpc) is 3.40. The summed E-state index contributed by atoms with van der Waals surface area (Å²) in [5.41, 5.74) is 3.02.